The first-order chi connectivity index (χ1) is 31.0. The minimum absolute atomic E-state index is 0.0835. The van der Waals surface area contributed by atoms with Gasteiger partial charge in [-0.3, -0.25) is 14.4 Å². The van der Waals surface area contributed by atoms with E-state index in [4.69, 9.17) is 14.2 Å². The molecule has 1 unspecified atom stereocenters. The lowest BCUT2D eigenvalue weighted by atomic mass is 10.1. The number of carbonyl (C=O) groups excluding carboxylic acids is 3. The lowest BCUT2D eigenvalue weighted by molar-refractivity contribution is -0.167. The Bertz CT molecular complexity index is 1150. The summed E-state index contributed by atoms with van der Waals surface area (Å²) in [7, 11) is 0. The Labute approximate surface area is 390 Å². The number of rotatable bonds is 48. The van der Waals surface area contributed by atoms with Gasteiger partial charge in [-0.05, 0) is 70.6 Å². The number of hydrogen-bond donors (Lipinski definition) is 0. The highest BCUT2D eigenvalue weighted by Crippen LogP contribution is 2.15. The van der Waals surface area contributed by atoms with Gasteiger partial charge in [0.15, 0.2) is 6.10 Å². The summed E-state index contributed by atoms with van der Waals surface area (Å²) in [4.78, 5) is 38.0. The van der Waals surface area contributed by atoms with Crippen LogP contribution in [0.2, 0.25) is 0 Å². The van der Waals surface area contributed by atoms with Crippen molar-refractivity contribution >= 4 is 17.9 Å². The Balaban J connectivity index is 4.41. The zero-order valence-corrected chi connectivity index (χ0v) is 41.6. The first kappa shape index (κ1) is 60.1. The first-order valence-corrected chi connectivity index (χ1v) is 26.8. The van der Waals surface area contributed by atoms with Gasteiger partial charge in [-0.25, -0.2) is 0 Å². The Morgan fingerprint density at radius 1 is 0.317 bits per heavy atom. The summed E-state index contributed by atoms with van der Waals surface area (Å²) in [5.74, 6) is -0.910. The van der Waals surface area contributed by atoms with Crippen LogP contribution in [0.25, 0.3) is 0 Å². The van der Waals surface area contributed by atoms with Crippen molar-refractivity contribution in [1.29, 1.82) is 0 Å². The Kier molecular flexibility index (Phi) is 49.4. The van der Waals surface area contributed by atoms with E-state index in [1.807, 2.05) is 0 Å². The van der Waals surface area contributed by atoms with E-state index in [1.165, 1.54) is 128 Å². The number of esters is 3. The fourth-order valence-electron chi connectivity index (χ4n) is 7.51. The third kappa shape index (κ3) is 50.0. The van der Waals surface area contributed by atoms with Crippen LogP contribution in [0.4, 0.5) is 0 Å². The monoisotopic (exact) mass is 881 g/mol. The highest BCUT2D eigenvalue weighted by molar-refractivity contribution is 5.71. The van der Waals surface area contributed by atoms with Crippen LogP contribution >= 0.6 is 0 Å². The van der Waals surface area contributed by atoms with Crippen molar-refractivity contribution in [1.82, 2.24) is 0 Å². The maximum atomic E-state index is 12.8. The molecule has 0 aliphatic heterocycles. The van der Waals surface area contributed by atoms with Crippen molar-refractivity contribution in [2.75, 3.05) is 13.2 Å². The van der Waals surface area contributed by atoms with Crippen molar-refractivity contribution in [2.24, 2.45) is 0 Å². The molecule has 0 saturated heterocycles. The average molecular weight is 881 g/mol. The topological polar surface area (TPSA) is 78.9 Å². The average Bonchev–Trinajstić information content (AvgIpc) is 3.28. The molecule has 0 bridgehead atoms. The summed E-state index contributed by atoms with van der Waals surface area (Å²) in [5, 5.41) is 0. The molecule has 0 N–H and O–H groups in total. The summed E-state index contributed by atoms with van der Waals surface area (Å²) < 4.78 is 16.8. The van der Waals surface area contributed by atoms with Crippen LogP contribution in [0.1, 0.15) is 265 Å². The minimum Gasteiger partial charge on any atom is -0.462 e. The Hall–Kier alpha value is -2.89. The molecule has 0 radical (unpaired) electrons. The van der Waals surface area contributed by atoms with Crippen LogP contribution in [0.15, 0.2) is 60.8 Å². The molecular formula is C57H100O6. The third-order valence-electron chi connectivity index (χ3n) is 11.6. The highest BCUT2D eigenvalue weighted by atomic mass is 16.6. The largest absolute Gasteiger partial charge is 0.462 e. The van der Waals surface area contributed by atoms with E-state index in [2.05, 4.69) is 81.5 Å². The fourth-order valence-corrected chi connectivity index (χ4v) is 7.51. The van der Waals surface area contributed by atoms with Crippen LogP contribution in [-0.2, 0) is 28.6 Å². The SMILES string of the molecule is CCCCC\C=C/C=C\C=C/C=C\CCCCCCCC(=O)OCC(COC(=O)CCCCCCCCCCCCC)OC(=O)CCCCCCC/C=C\CCCCCCCCC. The van der Waals surface area contributed by atoms with Crippen molar-refractivity contribution in [3.8, 4) is 0 Å². The molecule has 6 heteroatoms. The number of allylic oxidation sites excluding steroid dienone is 10. The molecule has 0 amide bonds. The molecule has 0 heterocycles. The fraction of sp³-hybridized carbons (Fsp3) is 0.772. The second-order valence-electron chi connectivity index (χ2n) is 17.9. The van der Waals surface area contributed by atoms with Crippen molar-refractivity contribution in [3.05, 3.63) is 60.8 Å². The van der Waals surface area contributed by atoms with Gasteiger partial charge in [-0.15, -0.1) is 0 Å². The lowest BCUT2D eigenvalue weighted by Gasteiger charge is -2.18. The molecule has 0 aromatic carbocycles. The predicted molar refractivity (Wildman–Crippen MR) is 270 cm³/mol. The Morgan fingerprint density at radius 3 is 0.968 bits per heavy atom. The zero-order chi connectivity index (χ0) is 45.8. The number of hydrogen-bond acceptors (Lipinski definition) is 6. The molecule has 0 aromatic rings. The molecular weight excluding hydrogens is 781 g/mol. The van der Waals surface area contributed by atoms with Gasteiger partial charge < -0.3 is 14.2 Å². The van der Waals surface area contributed by atoms with Gasteiger partial charge in [0, 0.05) is 19.3 Å². The molecule has 6 nitrogen and oxygen atoms in total. The second kappa shape index (κ2) is 51.7. The van der Waals surface area contributed by atoms with Crippen molar-refractivity contribution in [2.45, 2.75) is 271 Å². The van der Waals surface area contributed by atoms with Gasteiger partial charge >= 0.3 is 17.9 Å². The molecule has 0 aromatic heterocycles. The molecule has 0 saturated carbocycles. The summed E-state index contributed by atoms with van der Waals surface area (Å²) in [5.41, 5.74) is 0. The molecule has 0 aliphatic rings. The van der Waals surface area contributed by atoms with Crippen molar-refractivity contribution in [3.63, 3.8) is 0 Å². The van der Waals surface area contributed by atoms with E-state index in [9.17, 15) is 14.4 Å². The van der Waals surface area contributed by atoms with Gasteiger partial charge in [0.05, 0.1) is 0 Å². The maximum Gasteiger partial charge on any atom is 0.306 e. The van der Waals surface area contributed by atoms with Crippen LogP contribution in [-0.4, -0.2) is 37.2 Å². The van der Waals surface area contributed by atoms with Crippen LogP contribution in [0.3, 0.4) is 0 Å². The zero-order valence-electron chi connectivity index (χ0n) is 41.6. The van der Waals surface area contributed by atoms with Gasteiger partial charge in [0.2, 0.25) is 0 Å². The second-order valence-corrected chi connectivity index (χ2v) is 17.9. The van der Waals surface area contributed by atoms with E-state index in [1.54, 1.807) is 0 Å². The first-order valence-electron chi connectivity index (χ1n) is 26.8. The molecule has 364 valence electrons. The highest BCUT2D eigenvalue weighted by Gasteiger charge is 2.19. The summed E-state index contributed by atoms with van der Waals surface area (Å²) in [6, 6.07) is 0. The van der Waals surface area contributed by atoms with E-state index in [-0.39, 0.29) is 31.1 Å². The molecule has 0 rings (SSSR count). The third-order valence-corrected chi connectivity index (χ3v) is 11.6. The quantitative estimate of drug-likeness (QED) is 0.0199. The van der Waals surface area contributed by atoms with E-state index in [0.29, 0.717) is 19.3 Å². The Morgan fingerprint density at radius 2 is 0.587 bits per heavy atom. The van der Waals surface area contributed by atoms with Crippen LogP contribution in [0, 0.1) is 0 Å². The lowest BCUT2D eigenvalue weighted by Crippen LogP contribution is -2.30. The molecule has 0 aliphatic carbocycles. The van der Waals surface area contributed by atoms with Crippen LogP contribution < -0.4 is 0 Å². The van der Waals surface area contributed by atoms with Gasteiger partial charge in [0.25, 0.3) is 0 Å². The van der Waals surface area contributed by atoms with Crippen LogP contribution in [0.5, 0.6) is 0 Å². The smallest absolute Gasteiger partial charge is 0.306 e. The van der Waals surface area contributed by atoms with Crippen molar-refractivity contribution < 1.29 is 28.6 Å². The van der Waals surface area contributed by atoms with E-state index in [0.717, 1.165) is 96.3 Å². The molecule has 0 fully saturated rings. The molecule has 63 heavy (non-hydrogen) atoms. The van der Waals surface area contributed by atoms with Gasteiger partial charge in [-0.1, -0.05) is 236 Å². The summed E-state index contributed by atoms with van der Waals surface area (Å²) >= 11 is 0. The molecule has 0 spiro atoms. The van der Waals surface area contributed by atoms with E-state index >= 15 is 0 Å². The van der Waals surface area contributed by atoms with Gasteiger partial charge in [0.1, 0.15) is 13.2 Å². The standard InChI is InChI=1S/C57H100O6/c1-4-7-10-13-16-19-22-24-26-28-29-31-32-35-38-41-44-47-50-56(59)62-53-54(52-61-55(58)49-46-43-40-37-34-21-18-15-12-9-6-3)63-57(60)51-48-45-42-39-36-33-30-27-25-23-20-17-14-11-8-5-2/h16,19,22,24,26-31,54H,4-15,17-18,20-21,23,25,32-53H2,1-3H3/b19-16-,24-22-,28-26-,30-27-,31-29-. The maximum absolute atomic E-state index is 12.8. The van der Waals surface area contributed by atoms with E-state index < -0.39 is 6.10 Å². The summed E-state index contributed by atoms with van der Waals surface area (Å²) in [6.45, 7) is 6.58. The minimum atomic E-state index is -0.786. The predicted octanol–water partition coefficient (Wildman–Crippen LogP) is 17.6. The normalized spacial score (nSPS) is 12.5. The summed E-state index contributed by atoms with van der Waals surface area (Å²) in [6.07, 6.45) is 63.4. The van der Waals surface area contributed by atoms with Gasteiger partial charge in [-0.2, -0.15) is 0 Å². The number of ether oxygens (including phenoxy) is 3. The number of carbonyl (C=O) groups is 3. The number of unbranched alkanes of at least 4 members (excludes halogenated alkanes) is 30. The molecule has 1 atom stereocenters.